The van der Waals surface area contributed by atoms with E-state index in [1.807, 2.05) is 17.4 Å². The van der Waals surface area contributed by atoms with Crippen LogP contribution in [0.4, 0.5) is 0 Å². The fourth-order valence-corrected chi connectivity index (χ4v) is 3.87. The maximum Gasteiger partial charge on any atom is 0.287 e. The standard InChI is InChI=1S/C10H16N4O4S/c1-14(7-2-3-19(16,17)6-7)5-8-4-9(13-18-8)10(15)12-11/h4,7H,2-3,5-6,11H2,1H3,(H,12,15). The third-order valence-electron chi connectivity index (χ3n) is 3.16. The lowest BCUT2D eigenvalue weighted by Gasteiger charge is -2.21. The number of carbonyl (C=O) groups is 1. The van der Waals surface area contributed by atoms with Gasteiger partial charge in [0.25, 0.3) is 5.91 Å². The highest BCUT2D eigenvalue weighted by atomic mass is 32.2. The molecule has 1 saturated heterocycles. The zero-order valence-corrected chi connectivity index (χ0v) is 11.3. The van der Waals surface area contributed by atoms with Crippen molar-refractivity contribution in [3.05, 3.63) is 17.5 Å². The summed E-state index contributed by atoms with van der Waals surface area (Å²) in [5, 5.41) is 3.58. The minimum atomic E-state index is -2.91. The lowest BCUT2D eigenvalue weighted by Crippen LogP contribution is -2.32. The number of amides is 1. The lowest BCUT2D eigenvalue weighted by molar-refractivity contribution is 0.0944. The molecule has 1 fully saturated rings. The Hall–Kier alpha value is -1.45. The molecule has 0 saturated carbocycles. The number of carbonyl (C=O) groups excluding carboxylic acids is 1. The van der Waals surface area contributed by atoms with Gasteiger partial charge in [0.15, 0.2) is 21.3 Å². The van der Waals surface area contributed by atoms with Gasteiger partial charge in [0.05, 0.1) is 18.1 Å². The molecule has 9 heteroatoms. The Balaban J connectivity index is 1.98. The van der Waals surface area contributed by atoms with Crippen LogP contribution in [0, 0.1) is 0 Å². The number of rotatable bonds is 4. The first-order valence-corrected chi connectivity index (χ1v) is 7.60. The lowest BCUT2D eigenvalue weighted by atomic mass is 10.2. The van der Waals surface area contributed by atoms with Gasteiger partial charge < -0.3 is 4.52 Å². The van der Waals surface area contributed by atoms with E-state index in [0.29, 0.717) is 18.7 Å². The van der Waals surface area contributed by atoms with Crippen molar-refractivity contribution in [1.82, 2.24) is 15.5 Å². The molecule has 0 spiro atoms. The zero-order chi connectivity index (χ0) is 14.0. The third kappa shape index (κ3) is 3.31. The van der Waals surface area contributed by atoms with E-state index in [2.05, 4.69) is 5.16 Å². The molecule has 0 aliphatic carbocycles. The van der Waals surface area contributed by atoms with Crippen LogP contribution in [0.25, 0.3) is 0 Å². The maximum absolute atomic E-state index is 11.4. The van der Waals surface area contributed by atoms with Crippen molar-refractivity contribution in [3.63, 3.8) is 0 Å². The number of nitrogens with zero attached hydrogens (tertiary/aromatic N) is 2. The Morgan fingerprint density at radius 3 is 3.00 bits per heavy atom. The molecule has 2 rings (SSSR count). The molecule has 106 valence electrons. The summed E-state index contributed by atoms with van der Waals surface area (Å²) >= 11 is 0. The van der Waals surface area contributed by atoms with Gasteiger partial charge >= 0.3 is 0 Å². The minimum Gasteiger partial charge on any atom is -0.359 e. The molecule has 0 bridgehead atoms. The molecule has 1 unspecified atom stereocenters. The monoisotopic (exact) mass is 288 g/mol. The summed E-state index contributed by atoms with van der Waals surface area (Å²) in [6.07, 6.45) is 0.614. The number of hydrogen-bond acceptors (Lipinski definition) is 7. The summed E-state index contributed by atoms with van der Waals surface area (Å²) in [5.41, 5.74) is 2.06. The number of nitrogens with two attached hydrogens (primary N) is 1. The summed E-state index contributed by atoms with van der Waals surface area (Å²) < 4.78 is 27.8. The largest absolute Gasteiger partial charge is 0.359 e. The van der Waals surface area contributed by atoms with E-state index >= 15 is 0 Å². The fraction of sp³-hybridized carbons (Fsp3) is 0.600. The van der Waals surface area contributed by atoms with Crippen molar-refractivity contribution < 1.29 is 17.7 Å². The Morgan fingerprint density at radius 2 is 2.42 bits per heavy atom. The number of nitrogens with one attached hydrogen (secondary N) is 1. The third-order valence-corrected chi connectivity index (χ3v) is 4.91. The smallest absolute Gasteiger partial charge is 0.287 e. The second-order valence-corrected chi connectivity index (χ2v) is 6.85. The van der Waals surface area contributed by atoms with Crippen molar-refractivity contribution >= 4 is 15.7 Å². The average Bonchev–Trinajstić information content (AvgIpc) is 2.94. The molecule has 1 atom stereocenters. The van der Waals surface area contributed by atoms with Crippen LogP contribution in [0.5, 0.6) is 0 Å². The van der Waals surface area contributed by atoms with E-state index in [-0.39, 0.29) is 23.2 Å². The van der Waals surface area contributed by atoms with Gasteiger partial charge in [-0.1, -0.05) is 5.16 Å². The van der Waals surface area contributed by atoms with Crippen molar-refractivity contribution in [3.8, 4) is 0 Å². The van der Waals surface area contributed by atoms with Crippen molar-refractivity contribution in [2.75, 3.05) is 18.6 Å². The van der Waals surface area contributed by atoms with E-state index < -0.39 is 15.7 Å². The highest BCUT2D eigenvalue weighted by molar-refractivity contribution is 7.91. The molecule has 1 aromatic rings. The second-order valence-electron chi connectivity index (χ2n) is 4.62. The summed E-state index contributed by atoms with van der Waals surface area (Å²) in [4.78, 5) is 13.1. The Morgan fingerprint density at radius 1 is 1.68 bits per heavy atom. The van der Waals surface area contributed by atoms with E-state index in [4.69, 9.17) is 10.4 Å². The molecule has 1 aromatic heterocycles. The van der Waals surface area contributed by atoms with Crippen LogP contribution in [0.2, 0.25) is 0 Å². The summed E-state index contributed by atoms with van der Waals surface area (Å²) in [6, 6.07) is 1.46. The zero-order valence-electron chi connectivity index (χ0n) is 10.5. The van der Waals surface area contributed by atoms with Gasteiger partial charge in [0.2, 0.25) is 0 Å². The van der Waals surface area contributed by atoms with Crippen LogP contribution in [-0.2, 0) is 16.4 Å². The van der Waals surface area contributed by atoms with Crippen molar-refractivity contribution in [1.29, 1.82) is 0 Å². The van der Waals surface area contributed by atoms with Crippen molar-refractivity contribution in [2.24, 2.45) is 5.84 Å². The van der Waals surface area contributed by atoms with Gasteiger partial charge in [0.1, 0.15) is 0 Å². The number of aromatic nitrogens is 1. The molecule has 2 heterocycles. The molecule has 1 aliphatic heterocycles. The van der Waals surface area contributed by atoms with Crippen molar-refractivity contribution in [2.45, 2.75) is 19.0 Å². The molecule has 1 aliphatic rings. The molecular weight excluding hydrogens is 272 g/mol. The van der Waals surface area contributed by atoms with Crippen LogP contribution in [0.15, 0.2) is 10.6 Å². The SMILES string of the molecule is CN(Cc1cc(C(=O)NN)no1)C1CCS(=O)(=O)C1. The van der Waals surface area contributed by atoms with E-state index in [1.54, 1.807) is 0 Å². The number of hydrogen-bond donors (Lipinski definition) is 2. The Bertz CT molecular complexity index is 568. The average molecular weight is 288 g/mol. The van der Waals surface area contributed by atoms with Crippen LogP contribution >= 0.6 is 0 Å². The number of hydrazine groups is 1. The quantitative estimate of drug-likeness (QED) is 0.410. The predicted octanol–water partition coefficient (Wildman–Crippen LogP) is -1.10. The highest BCUT2D eigenvalue weighted by Crippen LogP contribution is 2.18. The molecule has 8 nitrogen and oxygen atoms in total. The molecule has 3 N–H and O–H groups in total. The molecule has 1 amide bonds. The van der Waals surface area contributed by atoms with E-state index in [9.17, 15) is 13.2 Å². The summed E-state index contributed by atoms with van der Waals surface area (Å²) in [6.45, 7) is 0.394. The summed E-state index contributed by atoms with van der Waals surface area (Å²) in [7, 11) is -1.10. The topological polar surface area (TPSA) is 119 Å². The van der Waals surface area contributed by atoms with Gasteiger partial charge in [-0.05, 0) is 13.5 Å². The van der Waals surface area contributed by atoms with Crippen LogP contribution in [-0.4, -0.2) is 49.0 Å². The first-order valence-electron chi connectivity index (χ1n) is 5.78. The minimum absolute atomic E-state index is 0.0260. The molecule has 0 radical (unpaired) electrons. The van der Waals surface area contributed by atoms with E-state index in [1.165, 1.54) is 6.07 Å². The second kappa shape index (κ2) is 5.27. The summed E-state index contributed by atoms with van der Waals surface area (Å²) in [5.74, 6) is 5.33. The maximum atomic E-state index is 11.4. The Kier molecular flexibility index (Phi) is 3.88. The Labute approximate surface area is 110 Å². The normalized spacial score (nSPS) is 21.7. The molecule has 0 aromatic carbocycles. The van der Waals surface area contributed by atoms with Crippen LogP contribution in [0.1, 0.15) is 22.7 Å². The molecular formula is C10H16N4O4S. The highest BCUT2D eigenvalue weighted by Gasteiger charge is 2.31. The van der Waals surface area contributed by atoms with Gasteiger partial charge in [-0.25, -0.2) is 14.3 Å². The first kappa shape index (κ1) is 14.0. The van der Waals surface area contributed by atoms with Gasteiger partial charge in [-0.2, -0.15) is 0 Å². The fourth-order valence-electron chi connectivity index (χ4n) is 2.07. The molecule has 19 heavy (non-hydrogen) atoms. The first-order chi connectivity index (χ1) is 8.91. The van der Waals surface area contributed by atoms with Gasteiger partial charge in [-0.15, -0.1) is 0 Å². The van der Waals surface area contributed by atoms with E-state index in [0.717, 1.165) is 0 Å². The van der Waals surface area contributed by atoms with Crippen LogP contribution in [0.3, 0.4) is 0 Å². The van der Waals surface area contributed by atoms with Gasteiger partial charge in [0, 0.05) is 12.1 Å². The van der Waals surface area contributed by atoms with Crippen LogP contribution < -0.4 is 11.3 Å². The van der Waals surface area contributed by atoms with Gasteiger partial charge in [-0.3, -0.25) is 15.1 Å². The number of nitrogen functional groups attached to an aromatic ring is 1. The number of sulfone groups is 1. The predicted molar refractivity (Wildman–Crippen MR) is 66.7 cm³/mol.